The van der Waals surface area contributed by atoms with E-state index in [1.54, 1.807) is 11.3 Å². The average Bonchev–Trinajstić information content (AvgIpc) is 2.91. The predicted octanol–water partition coefficient (Wildman–Crippen LogP) is 2.51. The van der Waals surface area contributed by atoms with Crippen molar-refractivity contribution in [2.45, 2.75) is 32.4 Å². The molecule has 3 nitrogen and oxygen atoms in total. The number of hydrogen-bond acceptors (Lipinski definition) is 4. The van der Waals surface area contributed by atoms with Crippen LogP contribution in [0.25, 0.3) is 0 Å². The van der Waals surface area contributed by atoms with E-state index in [1.165, 1.54) is 5.56 Å². The van der Waals surface area contributed by atoms with Crippen LogP contribution in [0.4, 0.5) is 0 Å². The van der Waals surface area contributed by atoms with Crippen molar-refractivity contribution in [1.29, 1.82) is 0 Å². The van der Waals surface area contributed by atoms with Gasteiger partial charge in [0.1, 0.15) is 0 Å². The minimum absolute atomic E-state index is 0.189. The van der Waals surface area contributed by atoms with Gasteiger partial charge in [0.2, 0.25) is 0 Å². The summed E-state index contributed by atoms with van der Waals surface area (Å²) in [7, 11) is 0. The quantitative estimate of drug-likeness (QED) is 0.888. The van der Waals surface area contributed by atoms with E-state index >= 15 is 0 Å². The fourth-order valence-electron chi connectivity index (χ4n) is 2.32. The third-order valence-electron chi connectivity index (χ3n) is 3.75. The number of nitrogens with zero attached hydrogens (tertiary/aromatic N) is 1. The summed E-state index contributed by atoms with van der Waals surface area (Å²) in [5.41, 5.74) is 1.58. The molecule has 0 amide bonds. The minimum atomic E-state index is 0.189. The highest BCUT2D eigenvalue weighted by molar-refractivity contribution is 7.07. The van der Waals surface area contributed by atoms with E-state index in [1.807, 2.05) is 0 Å². The Morgan fingerprint density at radius 1 is 1.44 bits per heavy atom. The zero-order valence-corrected chi connectivity index (χ0v) is 12.4. The molecule has 2 rings (SSSR count). The molecule has 4 heteroatoms. The van der Waals surface area contributed by atoms with Gasteiger partial charge in [-0.2, -0.15) is 11.3 Å². The first-order valence-corrected chi connectivity index (χ1v) is 7.62. The molecule has 0 aromatic carbocycles. The summed E-state index contributed by atoms with van der Waals surface area (Å²) in [6, 6.07) is 2.63. The van der Waals surface area contributed by atoms with Gasteiger partial charge in [-0.3, -0.25) is 4.90 Å². The normalized spacial score (nSPS) is 19.9. The smallest absolute Gasteiger partial charge is 0.0594 e. The van der Waals surface area contributed by atoms with Gasteiger partial charge in [0, 0.05) is 31.2 Å². The Hall–Kier alpha value is -0.420. The zero-order valence-electron chi connectivity index (χ0n) is 11.6. The zero-order chi connectivity index (χ0) is 13.0. The Morgan fingerprint density at radius 3 is 2.78 bits per heavy atom. The SMILES string of the molecule is CC(NCC(C)(C)N1CCOCC1)c1ccsc1. The number of hydrogen-bond donors (Lipinski definition) is 1. The first-order chi connectivity index (χ1) is 8.59. The largest absolute Gasteiger partial charge is 0.379 e. The van der Waals surface area contributed by atoms with Gasteiger partial charge >= 0.3 is 0 Å². The predicted molar refractivity (Wildman–Crippen MR) is 77.2 cm³/mol. The maximum atomic E-state index is 5.42. The van der Waals surface area contributed by atoms with E-state index in [4.69, 9.17) is 4.74 Å². The van der Waals surface area contributed by atoms with Gasteiger partial charge in [-0.05, 0) is 43.2 Å². The Balaban J connectivity index is 1.84. The van der Waals surface area contributed by atoms with Crippen LogP contribution in [-0.4, -0.2) is 43.3 Å². The molecule has 0 radical (unpaired) electrons. The highest BCUT2D eigenvalue weighted by Gasteiger charge is 2.28. The van der Waals surface area contributed by atoms with E-state index in [0.29, 0.717) is 6.04 Å². The van der Waals surface area contributed by atoms with E-state index in [9.17, 15) is 0 Å². The van der Waals surface area contributed by atoms with Crippen LogP contribution in [0.1, 0.15) is 32.4 Å². The highest BCUT2D eigenvalue weighted by atomic mass is 32.1. The molecule has 1 aromatic heterocycles. The second-order valence-corrected chi connectivity index (χ2v) is 6.35. The molecule has 0 spiro atoms. The van der Waals surface area contributed by atoms with Crippen molar-refractivity contribution in [3.63, 3.8) is 0 Å². The van der Waals surface area contributed by atoms with Gasteiger partial charge in [-0.15, -0.1) is 0 Å². The number of rotatable bonds is 5. The molecule has 0 bridgehead atoms. The molecule has 0 saturated carbocycles. The van der Waals surface area contributed by atoms with Crippen LogP contribution in [0, 0.1) is 0 Å². The van der Waals surface area contributed by atoms with Crippen LogP contribution < -0.4 is 5.32 Å². The Labute approximate surface area is 114 Å². The molecule has 1 fully saturated rings. The van der Waals surface area contributed by atoms with Crippen molar-refractivity contribution in [1.82, 2.24) is 10.2 Å². The minimum Gasteiger partial charge on any atom is -0.379 e. The van der Waals surface area contributed by atoms with Crippen molar-refractivity contribution in [3.05, 3.63) is 22.4 Å². The fraction of sp³-hybridized carbons (Fsp3) is 0.714. The second-order valence-electron chi connectivity index (χ2n) is 5.57. The summed E-state index contributed by atoms with van der Waals surface area (Å²) in [4.78, 5) is 2.52. The Morgan fingerprint density at radius 2 is 2.17 bits per heavy atom. The van der Waals surface area contributed by atoms with Gasteiger partial charge in [0.05, 0.1) is 13.2 Å². The third-order valence-corrected chi connectivity index (χ3v) is 4.45. The van der Waals surface area contributed by atoms with Crippen molar-refractivity contribution in [3.8, 4) is 0 Å². The molecule has 0 aliphatic carbocycles. The summed E-state index contributed by atoms with van der Waals surface area (Å²) < 4.78 is 5.42. The van der Waals surface area contributed by atoms with Crippen LogP contribution in [0.2, 0.25) is 0 Å². The van der Waals surface area contributed by atoms with Gasteiger partial charge in [-0.25, -0.2) is 0 Å². The molecule has 1 saturated heterocycles. The van der Waals surface area contributed by atoms with E-state index in [0.717, 1.165) is 32.8 Å². The van der Waals surface area contributed by atoms with Crippen LogP contribution in [0.3, 0.4) is 0 Å². The van der Waals surface area contributed by atoms with Gasteiger partial charge in [0.15, 0.2) is 0 Å². The average molecular weight is 268 g/mol. The summed E-state index contributed by atoms with van der Waals surface area (Å²) in [6.07, 6.45) is 0. The molecular formula is C14H24N2OS. The molecule has 1 aliphatic rings. The van der Waals surface area contributed by atoms with Crippen LogP contribution in [-0.2, 0) is 4.74 Å². The van der Waals surface area contributed by atoms with Crippen molar-refractivity contribution in [2.24, 2.45) is 0 Å². The molecular weight excluding hydrogens is 244 g/mol. The molecule has 102 valence electrons. The molecule has 1 unspecified atom stereocenters. The molecule has 1 aliphatic heterocycles. The lowest BCUT2D eigenvalue weighted by Gasteiger charge is -2.41. The lowest BCUT2D eigenvalue weighted by molar-refractivity contribution is -0.0102. The summed E-state index contributed by atoms with van der Waals surface area (Å²) in [6.45, 7) is 11.7. The number of ether oxygens (including phenoxy) is 1. The first-order valence-electron chi connectivity index (χ1n) is 6.68. The van der Waals surface area contributed by atoms with E-state index in [2.05, 4.69) is 47.8 Å². The van der Waals surface area contributed by atoms with E-state index in [-0.39, 0.29) is 5.54 Å². The van der Waals surface area contributed by atoms with Gasteiger partial charge < -0.3 is 10.1 Å². The van der Waals surface area contributed by atoms with Crippen molar-refractivity contribution < 1.29 is 4.74 Å². The third kappa shape index (κ3) is 3.54. The summed E-state index contributed by atoms with van der Waals surface area (Å²) >= 11 is 1.76. The first kappa shape index (κ1) is 14.0. The standard InChI is InChI=1S/C14H24N2OS/c1-12(13-4-9-18-10-13)15-11-14(2,3)16-5-7-17-8-6-16/h4,9-10,12,15H,5-8,11H2,1-3H3. The molecule has 18 heavy (non-hydrogen) atoms. The number of thiophene rings is 1. The summed E-state index contributed by atoms with van der Waals surface area (Å²) in [5, 5.41) is 8.01. The summed E-state index contributed by atoms with van der Waals surface area (Å²) in [5.74, 6) is 0. The highest BCUT2D eigenvalue weighted by Crippen LogP contribution is 2.19. The maximum absolute atomic E-state index is 5.42. The van der Waals surface area contributed by atoms with Crippen LogP contribution >= 0.6 is 11.3 Å². The fourth-order valence-corrected chi connectivity index (χ4v) is 3.08. The van der Waals surface area contributed by atoms with Gasteiger partial charge in [0.25, 0.3) is 0 Å². The van der Waals surface area contributed by atoms with Gasteiger partial charge in [-0.1, -0.05) is 0 Å². The maximum Gasteiger partial charge on any atom is 0.0594 e. The topological polar surface area (TPSA) is 24.5 Å². The molecule has 1 aromatic rings. The number of nitrogens with one attached hydrogen (secondary N) is 1. The van der Waals surface area contributed by atoms with Crippen LogP contribution in [0.15, 0.2) is 16.8 Å². The molecule has 1 atom stereocenters. The Bertz CT molecular complexity index is 345. The second kappa shape index (κ2) is 6.15. The lowest BCUT2D eigenvalue weighted by Crippen LogP contribution is -2.54. The monoisotopic (exact) mass is 268 g/mol. The lowest BCUT2D eigenvalue weighted by atomic mass is 10.0. The van der Waals surface area contributed by atoms with Crippen LogP contribution in [0.5, 0.6) is 0 Å². The van der Waals surface area contributed by atoms with E-state index < -0.39 is 0 Å². The number of morpholine rings is 1. The van der Waals surface area contributed by atoms with Crippen molar-refractivity contribution >= 4 is 11.3 Å². The Kier molecular flexibility index (Phi) is 4.78. The van der Waals surface area contributed by atoms with Crippen molar-refractivity contribution in [2.75, 3.05) is 32.8 Å². The molecule has 2 heterocycles. The molecule has 1 N–H and O–H groups in total.